The van der Waals surface area contributed by atoms with Gasteiger partial charge in [-0.1, -0.05) is 75.4 Å². The van der Waals surface area contributed by atoms with Crippen molar-refractivity contribution in [1.29, 1.82) is 0 Å². The normalized spacial score (nSPS) is 12.0. The lowest BCUT2D eigenvalue weighted by Crippen LogP contribution is -2.16. The van der Waals surface area contributed by atoms with E-state index in [2.05, 4.69) is 73.6 Å². The van der Waals surface area contributed by atoms with Crippen LogP contribution in [0.4, 0.5) is 0 Å². The molecule has 0 spiro atoms. The van der Waals surface area contributed by atoms with Gasteiger partial charge in [0, 0.05) is 18.5 Å². The summed E-state index contributed by atoms with van der Waals surface area (Å²) in [6, 6.07) is 30.3. The molecule has 4 aromatic carbocycles. The first-order valence-electron chi connectivity index (χ1n) is 15.1. The highest BCUT2D eigenvalue weighted by Crippen LogP contribution is 2.32. The molecule has 0 amide bonds. The number of benzene rings is 4. The lowest BCUT2D eigenvalue weighted by Gasteiger charge is -2.19. The number of aromatic amines is 1. The number of ether oxygens (including phenoxy) is 1. The average Bonchev–Trinajstić information content (AvgIpc) is 3.34. The molecule has 1 N–H and O–H groups in total. The molecule has 0 radical (unpaired) electrons. The fourth-order valence-electron chi connectivity index (χ4n) is 5.50. The number of rotatable bonds is 9. The van der Waals surface area contributed by atoms with Crippen LogP contribution in [0.2, 0.25) is 0 Å². The molecule has 7 nitrogen and oxygen atoms in total. The van der Waals surface area contributed by atoms with Gasteiger partial charge < -0.3 is 19.2 Å². The van der Waals surface area contributed by atoms with E-state index in [1.807, 2.05) is 66.7 Å². The van der Waals surface area contributed by atoms with E-state index in [4.69, 9.17) is 14.7 Å². The fourth-order valence-corrected chi connectivity index (χ4v) is 5.50. The highest BCUT2D eigenvalue weighted by Gasteiger charge is 2.17. The van der Waals surface area contributed by atoms with E-state index in [9.17, 15) is 4.79 Å². The number of aryl methyl sites for hydroxylation is 1. The Morgan fingerprint density at radius 1 is 0.841 bits per heavy atom. The smallest absolute Gasteiger partial charge is 0.270 e. The molecule has 7 heteroatoms. The van der Waals surface area contributed by atoms with Gasteiger partial charge in [0.25, 0.3) is 5.56 Å². The molecule has 0 aliphatic heterocycles. The molecule has 0 unspecified atom stereocenters. The third-order valence-corrected chi connectivity index (χ3v) is 7.88. The maximum atomic E-state index is 13.0. The lowest BCUT2D eigenvalue weighted by atomic mass is 9.87. The summed E-state index contributed by atoms with van der Waals surface area (Å²) in [5, 5.41) is 0. The van der Waals surface area contributed by atoms with E-state index in [1.165, 1.54) is 5.56 Å². The molecule has 44 heavy (non-hydrogen) atoms. The number of nitrogens with one attached hydrogen (secondary N) is 1. The number of imidazole rings is 1. The zero-order valence-corrected chi connectivity index (χ0v) is 26.1. The van der Waals surface area contributed by atoms with E-state index in [1.54, 1.807) is 0 Å². The Labute approximate surface area is 258 Å². The Balaban J connectivity index is 1.39. The van der Waals surface area contributed by atoms with Crippen LogP contribution in [0, 0.1) is 0 Å². The Kier molecular flexibility index (Phi) is 8.06. The molecule has 0 aliphatic rings. The molecular weight excluding hydrogens is 546 g/mol. The quantitative estimate of drug-likeness (QED) is 0.189. The van der Waals surface area contributed by atoms with Crippen LogP contribution in [-0.2, 0) is 18.4 Å². The van der Waals surface area contributed by atoms with Gasteiger partial charge in [-0.2, -0.15) is 0 Å². The van der Waals surface area contributed by atoms with Crippen LogP contribution in [0.5, 0.6) is 11.5 Å². The second-order valence-electron chi connectivity index (χ2n) is 12.7. The van der Waals surface area contributed by atoms with Crippen molar-refractivity contribution in [2.24, 2.45) is 0 Å². The summed E-state index contributed by atoms with van der Waals surface area (Å²) >= 11 is 0. The van der Waals surface area contributed by atoms with Crippen molar-refractivity contribution in [3.05, 3.63) is 118 Å². The molecule has 2 heterocycles. The van der Waals surface area contributed by atoms with Crippen molar-refractivity contribution in [3.8, 4) is 22.9 Å². The van der Waals surface area contributed by atoms with Crippen molar-refractivity contribution < 1.29 is 4.74 Å². The molecule has 0 saturated heterocycles. The third-order valence-electron chi connectivity index (χ3n) is 7.88. The van der Waals surface area contributed by atoms with Crippen LogP contribution in [0.15, 0.2) is 95.8 Å². The summed E-state index contributed by atoms with van der Waals surface area (Å²) in [6.45, 7) is 8.36. The van der Waals surface area contributed by atoms with Crippen LogP contribution in [0.1, 0.15) is 44.0 Å². The summed E-state index contributed by atoms with van der Waals surface area (Å²) in [6.07, 6.45) is 1.43. The summed E-state index contributed by atoms with van der Waals surface area (Å²) in [5.41, 5.74) is 6.92. The van der Waals surface area contributed by atoms with E-state index in [-0.39, 0.29) is 11.0 Å². The van der Waals surface area contributed by atoms with Crippen LogP contribution >= 0.6 is 0 Å². The number of aromatic nitrogens is 4. The van der Waals surface area contributed by atoms with Gasteiger partial charge in [0.2, 0.25) is 0 Å². The minimum atomic E-state index is -0.174. The molecule has 224 valence electrons. The number of nitrogens with zero attached hydrogens (tertiary/aromatic N) is 4. The van der Waals surface area contributed by atoms with Crippen molar-refractivity contribution in [2.45, 2.75) is 45.6 Å². The van der Waals surface area contributed by atoms with Crippen molar-refractivity contribution >= 4 is 22.1 Å². The molecule has 2 aromatic heterocycles. The van der Waals surface area contributed by atoms with Gasteiger partial charge in [0.05, 0.1) is 22.1 Å². The maximum Gasteiger partial charge on any atom is 0.270 e. The number of H-pyrrole nitrogens is 1. The van der Waals surface area contributed by atoms with Gasteiger partial charge in [-0.3, -0.25) is 4.79 Å². The first-order valence-corrected chi connectivity index (χ1v) is 15.1. The van der Waals surface area contributed by atoms with E-state index >= 15 is 0 Å². The third kappa shape index (κ3) is 6.43. The zero-order valence-electron chi connectivity index (χ0n) is 26.1. The number of fused-ring (bicyclic) bond motifs is 2. The molecule has 6 aromatic rings. The summed E-state index contributed by atoms with van der Waals surface area (Å²) in [7, 11) is 4.17. The topological polar surface area (TPSA) is 76.0 Å². The monoisotopic (exact) mass is 585 g/mol. The predicted molar refractivity (Wildman–Crippen MR) is 179 cm³/mol. The second kappa shape index (κ2) is 12.1. The van der Waals surface area contributed by atoms with E-state index in [0.29, 0.717) is 17.6 Å². The largest absolute Gasteiger partial charge is 0.457 e. The Hall–Kier alpha value is -4.75. The van der Waals surface area contributed by atoms with E-state index in [0.717, 1.165) is 64.5 Å². The SMILES string of the molecule is CN(C)CCCn1c(-c2cccc(Oc3ccc(C(C)(C)C)cc3)c2)nc2cc3[nH]c(=O)c(Cc4ccccc4)nc3cc21. The highest BCUT2D eigenvalue weighted by molar-refractivity contribution is 5.93. The average molecular weight is 586 g/mol. The van der Waals surface area contributed by atoms with E-state index < -0.39 is 0 Å². The van der Waals surface area contributed by atoms with Gasteiger partial charge in [-0.25, -0.2) is 9.97 Å². The molecule has 0 bridgehead atoms. The van der Waals surface area contributed by atoms with Crippen molar-refractivity contribution in [2.75, 3.05) is 20.6 Å². The lowest BCUT2D eigenvalue weighted by molar-refractivity contribution is 0.388. The van der Waals surface area contributed by atoms with Gasteiger partial charge in [0.15, 0.2) is 0 Å². The van der Waals surface area contributed by atoms with Crippen molar-refractivity contribution in [3.63, 3.8) is 0 Å². The summed E-state index contributed by atoms with van der Waals surface area (Å²) in [4.78, 5) is 28.1. The van der Waals surface area contributed by atoms with Crippen LogP contribution < -0.4 is 10.3 Å². The molecule has 0 saturated carbocycles. The number of hydrogen-bond acceptors (Lipinski definition) is 5. The van der Waals surface area contributed by atoms with Crippen molar-refractivity contribution in [1.82, 2.24) is 24.4 Å². The van der Waals surface area contributed by atoms with Crippen LogP contribution in [0.25, 0.3) is 33.5 Å². The second-order valence-corrected chi connectivity index (χ2v) is 12.7. The maximum absolute atomic E-state index is 13.0. The summed E-state index contributed by atoms with van der Waals surface area (Å²) < 4.78 is 8.54. The van der Waals surface area contributed by atoms with Gasteiger partial charge in [-0.15, -0.1) is 0 Å². The van der Waals surface area contributed by atoms with Crippen LogP contribution in [0.3, 0.4) is 0 Å². The number of hydrogen-bond donors (Lipinski definition) is 1. The molecule has 0 fully saturated rings. The standard InChI is InChI=1S/C37H39N5O2/c1-37(2,3)27-15-17-28(18-16-27)44-29-14-9-13-26(22-29)35-39-32-23-30-31(24-34(32)42(35)20-10-19-41(4)5)38-33(36(43)40-30)21-25-11-7-6-8-12-25/h6-9,11-18,22-24H,10,19-21H2,1-5H3,(H,40,43). The molecule has 6 rings (SSSR count). The van der Waals surface area contributed by atoms with Gasteiger partial charge in [-0.05, 0) is 80.0 Å². The fraction of sp³-hybridized carbons (Fsp3) is 0.270. The van der Waals surface area contributed by atoms with Gasteiger partial charge in [0.1, 0.15) is 23.0 Å². The predicted octanol–water partition coefficient (Wildman–Crippen LogP) is 7.57. The minimum absolute atomic E-state index is 0.0842. The van der Waals surface area contributed by atoms with Crippen LogP contribution in [-0.4, -0.2) is 45.1 Å². The highest BCUT2D eigenvalue weighted by atomic mass is 16.5. The minimum Gasteiger partial charge on any atom is -0.457 e. The first-order chi connectivity index (χ1) is 21.1. The first kappa shape index (κ1) is 29.3. The van der Waals surface area contributed by atoms with Gasteiger partial charge >= 0.3 is 0 Å². The Morgan fingerprint density at radius 3 is 2.34 bits per heavy atom. The zero-order chi connectivity index (χ0) is 30.8. The molecule has 0 aliphatic carbocycles. The Bertz CT molecular complexity index is 1970. The Morgan fingerprint density at radius 2 is 1.61 bits per heavy atom. The summed E-state index contributed by atoms with van der Waals surface area (Å²) in [5.74, 6) is 2.40. The molecular formula is C37H39N5O2. The molecule has 0 atom stereocenters.